The van der Waals surface area contributed by atoms with E-state index in [1.165, 1.54) is 36.4 Å². The minimum absolute atomic E-state index is 0. The summed E-state index contributed by atoms with van der Waals surface area (Å²) in [5.41, 5.74) is 5.93. The van der Waals surface area contributed by atoms with Gasteiger partial charge in [0.1, 0.15) is 40.5 Å². The molecule has 0 aliphatic rings. The predicted molar refractivity (Wildman–Crippen MR) is 176 cm³/mol. The first-order chi connectivity index (χ1) is 23.7. The van der Waals surface area contributed by atoms with Crippen LogP contribution in [-0.2, 0) is 40.5 Å². The number of benzene rings is 6. The molecule has 55 heavy (non-hydrogen) atoms. The zero-order valence-electron chi connectivity index (χ0n) is 29.1. The molecule has 0 aromatic heterocycles. The van der Waals surface area contributed by atoms with Gasteiger partial charge in [0.2, 0.25) is 0 Å². The first kappa shape index (κ1) is 49.9. The SMILES string of the molecule is Nc1ccc(/N=N/c2ccc(/N=N/c3cc(S(=O)(=O)[O-])c4cccc(S(=O)(=O)[O-])c4c3)c3cc(S(=O)(=O)[O-])ccc23)c2cc(S(=O)(=O)[O-])ccc12.[Na+].[Na+].[Na+].[Na+]. The molecule has 0 fully saturated rings. The summed E-state index contributed by atoms with van der Waals surface area (Å²) in [7, 11) is -20.2. The summed E-state index contributed by atoms with van der Waals surface area (Å²) in [5.74, 6) is 0. The number of nitrogen functional groups attached to an aromatic ring is 1. The van der Waals surface area contributed by atoms with Crippen LogP contribution in [0.15, 0.2) is 131 Å². The Labute approximate surface area is 402 Å². The van der Waals surface area contributed by atoms with Crippen molar-refractivity contribution in [3.05, 3.63) is 91.0 Å². The molecule has 0 bridgehead atoms. The fourth-order valence-electron chi connectivity index (χ4n) is 5.22. The summed E-state index contributed by atoms with van der Waals surface area (Å²) in [4.78, 5) is -2.94. The quantitative estimate of drug-likeness (QED) is 0.0645. The van der Waals surface area contributed by atoms with E-state index in [0.29, 0.717) is 5.39 Å². The van der Waals surface area contributed by atoms with Gasteiger partial charge in [-0.25, -0.2) is 33.7 Å². The average molecular weight is 860 g/mol. The van der Waals surface area contributed by atoms with Gasteiger partial charge in [0.25, 0.3) is 0 Å². The third kappa shape index (κ3) is 11.1. The van der Waals surface area contributed by atoms with Crippen LogP contribution in [0.3, 0.4) is 0 Å². The van der Waals surface area contributed by atoms with Gasteiger partial charge in [-0.15, -0.1) is 15.3 Å². The van der Waals surface area contributed by atoms with E-state index in [1.54, 1.807) is 0 Å². The molecule has 0 atom stereocenters. The van der Waals surface area contributed by atoms with Crippen LogP contribution in [0.2, 0.25) is 0 Å². The van der Waals surface area contributed by atoms with Gasteiger partial charge in [0.15, 0.2) is 0 Å². The van der Waals surface area contributed by atoms with Crippen LogP contribution in [0, 0.1) is 0 Å². The Hall–Kier alpha value is -1.26. The number of nitrogens with zero attached hydrogens (tertiary/aromatic N) is 4. The molecule has 0 unspecified atom stereocenters. The molecule has 17 nitrogen and oxygen atoms in total. The van der Waals surface area contributed by atoms with E-state index in [1.807, 2.05) is 0 Å². The molecule has 0 spiro atoms. The van der Waals surface area contributed by atoms with E-state index in [-0.39, 0.29) is 168 Å². The predicted octanol–water partition coefficient (Wildman–Crippen LogP) is -6.81. The standard InChI is InChI=1S/C30H21N5O12S4.4Na/c31-25-8-9-27(22-14-17(48(36,37)38)4-6-19(22)25)35-34-26-10-11-28(23-15-18(49(39,40)41)5-7-20(23)26)33-32-16-12-24-21(30(13-16)51(45,46)47)2-1-3-29(24)50(42,43)44;;;;/h1-15H,31H2,(H,36,37,38)(H,39,40,41)(H,42,43,44)(H,45,46,47);;;;/q;4*+1/p-4/b33-32+,35-34+;;;;. The van der Waals surface area contributed by atoms with Gasteiger partial charge in [0, 0.05) is 38.0 Å². The fourth-order valence-corrected chi connectivity index (χ4v) is 7.60. The van der Waals surface area contributed by atoms with Gasteiger partial charge >= 0.3 is 118 Å². The summed E-state index contributed by atoms with van der Waals surface area (Å²) >= 11 is 0. The molecule has 0 heterocycles. The second kappa shape index (κ2) is 18.8. The molecule has 0 amide bonds. The van der Waals surface area contributed by atoms with Crippen molar-refractivity contribution in [1.82, 2.24) is 0 Å². The third-order valence-electron chi connectivity index (χ3n) is 7.50. The summed E-state index contributed by atoms with van der Waals surface area (Å²) in [6.45, 7) is 0. The topological polar surface area (TPSA) is 304 Å². The summed E-state index contributed by atoms with van der Waals surface area (Å²) < 4.78 is 143. The molecule has 262 valence electrons. The maximum Gasteiger partial charge on any atom is 1.00 e. The first-order valence-corrected chi connectivity index (χ1v) is 19.5. The van der Waals surface area contributed by atoms with E-state index in [4.69, 9.17) is 5.73 Å². The van der Waals surface area contributed by atoms with Crippen LogP contribution >= 0.6 is 0 Å². The number of hydrogen-bond acceptors (Lipinski definition) is 17. The molecule has 6 aromatic carbocycles. The van der Waals surface area contributed by atoms with Crippen LogP contribution in [0.5, 0.6) is 0 Å². The van der Waals surface area contributed by atoms with E-state index in [2.05, 4.69) is 20.5 Å². The maximum atomic E-state index is 12.1. The van der Waals surface area contributed by atoms with Crippen molar-refractivity contribution < 1.29 is 170 Å². The van der Waals surface area contributed by atoms with Crippen molar-refractivity contribution in [2.75, 3.05) is 5.73 Å². The molecule has 0 aliphatic carbocycles. The summed E-state index contributed by atoms with van der Waals surface area (Å²) in [5, 5.41) is 16.2. The third-order valence-corrected chi connectivity index (χ3v) is 10.9. The van der Waals surface area contributed by atoms with Crippen molar-refractivity contribution in [2.24, 2.45) is 20.5 Å². The van der Waals surface area contributed by atoms with Crippen molar-refractivity contribution in [1.29, 1.82) is 0 Å². The van der Waals surface area contributed by atoms with Gasteiger partial charge < -0.3 is 23.9 Å². The molecule has 0 aliphatic heterocycles. The fraction of sp³-hybridized carbons (Fsp3) is 0. The Morgan fingerprint density at radius 2 is 0.855 bits per heavy atom. The molecular formula is C30H17N5Na4O12S4. The zero-order chi connectivity index (χ0) is 37.1. The van der Waals surface area contributed by atoms with Crippen molar-refractivity contribution in [3.63, 3.8) is 0 Å². The number of rotatable bonds is 8. The minimum Gasteiger partial charge on any atom is -0.744 e. The van der Waals surface area contributed by atoms with Crippen LogP contribution in [0.25, 0.3) is 32.3 Å². The Morgan fingerprint density at radius 3 is 1.36 bits per heavy atom. The normalized spacial score (nSPS) is 12.3. The van der Waals surface area contributed by atoms with E-state index in [9.17, 15) is 51.9 Å². The number of azo groups is 2. The van der Waals surface area contributed by atoms with Crippen molar-refractivity contribution >= 4 is 101 Å². The van der Waals surface area contributed by atoms with Crippen LogP contribution < -0.4 is 124 Å². The van der Waals surface area contributed by atoms with E-state index in [0.717, 1.165) is 54.6 Å². The summed E-state index contributed by atoms with van der Waals surface area (Å²) in [6.07, 6.45) is 0. The number of hydrogen-bond donors (Lipinski definition) is 1. The second-order valence-electron chi connectivity index (χ2n) is 10.7. The van der Waals surface area contributed by atoms with Gasteiger partial charge in [0.05, 0.1) is 42.3 Å². The number of anilines is 1. The van der Waals surface area contributed by atoms with Gasteiger partial charge in [-0.05, 0) is 66.7 Å². The van der Waals surface area contributed by atoms with Crippen molar-refractivity contribution in [3.8, 4) is 0 Å². The molecule has 6 aromatic rings. The second-order valence-corrected chi connectivity index (χ2v) is 16.2. The van der Waals surface area contributed by atoms with Crippen LogP contribution in [-0.4, -0.2) is 51.9 Å². The van der Waals surface area contributed by atoms with Gasteiger partial charge in [-0.3, -0.25) is 0 Å². The summed E-state index contributed by atoms with van der Waals surface area (Å²) in [6, 6.07) is 17.1. The van der Waals surface area contributed by atoms with E-state index < -0.39 is 65.4 Å². The smallest absolute Gasteiger partial charge is 0.744 e. The molecule has 0 radical (unpaired) electrons. The van der Waals surface area contributed by atoms with Gasteiger partial charge in [-0.1, -0.05) is 24.3 Å². The Morgan fingerprint density at radius 1 is 0.400 bits per heavy atom. The molecule has 2 N–H and O–H groups in total. The molecular weight excluding hydrogens is 843 g/mol. The monoisotopic (exact) mass is 859 g/mol. The Kier molecular flexibility index (Phi) is 17.0. The molecule has 6 rings (SSSR count). The Balaban J connectivity index is 0.00000261. The first-order valence-electron chi connectivity index (χ1n) is 13.8. The van der Waals surface area contributed by atoms with Crippen LogP contribution in [0.1, 0.15) is 0 Å². The van der Waals surface area contributed by atoms with Crippen molar-refractivity contribution in [2.45, 2.75) is 19.6 Å². The molecule has 0 saturated carbocycles. The maximum absolute atomic E-state index is 12.1. The van der Waals surface area contributed by atoms with Gasteiger partial charge in [-0.2, -0.15) is 5.11 Å². The number of fused-ring (bicyclic) bond motifs is 3. The van der Waals surface area contributed by atoms with E-state index >= 15 is 0 Å². The average Bonchev–Trinajstić information content (AvgIpc) is 3.04. The minimum atomic E-state index is -5.24. The molecule has 0 saturated heterocycles. The number of nitrogens with two attached hydrogens (primary N) is 1. The largest absolute Gasteiger partial charge is 1.00 e. The molecule has 25 heteroatoms. The van der Waals surface area contributed by atoms with Crippen LogP contribution in [0.4, 0.5) is 28.4 Å². The Bertz CT molecular complexity index is 3010. The zero-order valence-corrected chi connectivity index (χ0v) is 40.3.